The van der Waals surface area contributed by atoms with Gasteiger partial charge in [-0.3, -0.25) is 0 Å². The number of thioether (sulfide) groups is 1. The maximum absolute atomic E-state index is 6.08. The van der Waals surface area contributed by atoms with Crippen LogP contribution in [0.2, 0.25) is 0 Å². The fraction of sp³-hybridized carbons (Fsp3) is 0.375. The second kappa shape index (κ2) is 5.93. The molecule has 0 aliphatic heterocycles. The molecule has 110 valence electrons. The summed E-state index contributed by atoms with van der Waals surface area (Å²) >= 11 is 1.67. The molecular weight excluding hydrogens is 282 g/mol. The lowest BCUT2D eigenvalue weighted by atomic mass is 10.3. The summed E-state index contributed by atoms with van der Waals surface area (Å²) in [6, 6.07) is 8.02. The molecule has 0 amide bonds. The Labute approximate surface area is 129 Å². The Hall–Kier alpha value is -1.75. The highest BCUT2D eigenvalue weighted by molar-refractivity contribution is 7.98. The summed E-state index contributed by atoms with van der Waals surface area (Å²) in [5.74, 6) is 3.73. The lowest BCUT2D eigenvalue weighted by Crippen LogP contribution is -2.05. The maximum Gasteiger partial charge on any atom is 0.227 e. The Kier molecular flexibility index (Phi) is 4.01. The van der Waals surface area contributed by atoms with Gasteiger partial charge in [-0.05, 0) is 38.2 Å². The van der Waals surface area contributed by atoms with Crippen LogP contribution in [0, 0.1) is 6.92 Å². The van der Waals surface area contributed by atoms with Crippen molar-refractivity contribution >= 4 is 17.6 Å². The van der Waals surface area contributed by atoms with Crippen LogP contribution in [0.25, 0.3) is 0 Å². The molecule has 0 bridgehead atoms. The average Bonchev–Trinajstić information content (AvgIpc) is 3.34. The van der Waals surface area contributed by atoms with Crippen LogP contribution in [-0.2, 0) is 0 Å². The molecule has 0 unspecified atom stereocenters. The number of nitrogens with one attached hydrogen (secondary N) is 1. The summed E-state index contributed by atoms with van der Waals surface area (Å²) < 4.78 is 6.08. The minimum atomic E-state index is 0.496. The Morgan fingerprint density at radius 1 is 1.24 bits per heavy atom. The molecule has 4 nitrogen and oxygen atoms in total. The molecule has 1 aromatic heterocycles. The third kappa shape index (κ3) is 2.97. The van der Waals surface area contributed by atoms with Gasteiger partial charge < -0.3 is 10.1 Å². The van der Waals surface area contributed by atoms with Gasteiger partial charge in [0.25, 0.3) is 0 Å². The van der Waals surface area contributed by atoms with Crippen LogP contribution < -0.4 is 10.1 Å². The van der Waals surface area contributed by atoms with Crippen LogP contribution in [0.5, 0.6) is 11.6 Å². The number of benzene rings is 1. The van der Waals surface area contributed by atoms with Crippen LogP contribution in [-0.4, -0.2) is 23.3 Å². The molecule has 0 saturated heterocycles. The zero-order valence-electron chi connectivity index (χ0n) is 12.5. The van der Waals surface area contributed by atoms with Gasteiger partial charge in [0.1, 0.15) is 17.4 Å². The Morgan fingerprint density at radius 2 is 2.00 bits per heavy atom. The van der Waals surface area contributed by atoms with Crippen molar-refractivity contribution in [1.82, 2.24) is 9.97 Å². The Bertz CT molecular complexity index is 656. The van der Waals surface area contributed by atoms with Crippen LogP contribution in [0.3, 0.4) is 0 Å². The summed E-state index contributed by atoms with van der Waals surface area (Å²) in [5, 5.41) is 3.14. The molecule has 5 heteroatoms. The summed E-state index contributed by atoms with van der Waals surface area (Å²) in [5.41, 5.74) is 0.942. The number of hydrogen-bond donors (Lipinski definition) is 1. The van der Waals surface area contributed by atoms with E-state index in [-0.39, 0.29) is 0 Å². The van der Waals surface area contributed by atoms with E-state index in [9.17, 15) is 0 Å². The van der Waals surface area contributed by atoms with Crippen molar-refractivity contribution in [3.8, 4) is 11.6 Å². The zero-order chi connectivity index (χ0) is 14.8. The monoisotopic (exact) mass is 301 g/mol. The van der Waals surface area contributed by atoms with E-state index in [1.54, 1.807) is 11.8 Å². The van der Waals surface area contributed by atoms with E-state index in [0.29, 0.717) is 11.8 Å². The quantitative estimate of drug-likeness (QED) is 0.838. The summed E-state index contributed by atoms with van der Waals surface area (Å²) in [6.07, 6.45) is 4.39. The molecule has 1 aliphatic carbocycles. The number of para-hydroxylation sites is 1. The summed E-state index contributed by atoms with van der Waals surface area (Å²) in [7, 11) is 1.88. The van der Waals surface area contributed by atoms with Gasteiger partial charge in [0, 0.05) is 17.9 Å². The number of rotatable bonds is 5. The van der Waals surface area contributed by atoms with Gasteiger partial charge in [0.2, 0.25) is 5.88 Å². The largest absolute Gasteiger partial charge is 0.437 e. The highest BCUT2D eigenvalue weighted by Gasteiger charge is 2.28. The minimum absolute atomic E-state index is 0.496. The van der Waals surface area contributed by atoms with Crippen molar-refractivity contribution in [3.05, 3.63) is 35.7 Å². The molecule has 1 heterocycles. The standard InChI is InChI=1S/C16H19N3OS/c1-10-14(17-2)18-15(11-8-9-11)19-16(10)20-12-6-4-5-7-13(12)21-3/h4-7,11H,8-9H2,1-3H3,(H,17,18,19). The van der Waals surface area contributed by atoms with Crippen LogP contribution in [0.1, 0.15) is 30.1 Å². The second-order valence-corrected chi connectivity index (χ2v) is 5.99. The molecule has 0 radical (unpaired) electrons. The van der Waals surface area contributed by atoms with Gasteiger partial charge in [-0.1, -0.05) is 12.1 Å². The molecule has 0 spiro atoms. The highest BCUT2D eigenvalue weighted by atomic mass is 32.2. The molecule has 1 fully saturated rings. The first-order chi connectivity index (χ1) is 10.2. The van der Waals surface area contributed by atoms with E-state index in [1.807, 2.05) is 38.4 Å². The predicted molar refractivity (Wildman–Crippen MR) is 86.6 cm³/mol. The van der Waals surface area contributed by atoms with Gasteiger partial charge in [-0.15, -0.1) is 11.8 Å². The van der Waals surface area contributed by atoms with Crippen molar-refractivity contribution in [2.24, 2.45) is 0 Å². The third-order valence-corrected chi connectivity index (χ3v) is 4.35. The van der Waals surface area contributed by atoms with Gasteiger partial charge in [-0.25, -0.2) is 4.98 Å². The van der Waals surface area contributed by atoms with E-state index < -0.39 is 0 Å². The van der Waals surface area contributed by atoms with E-state index >= 15 is 0 Å². The van der Waals surface area contributed by atoms with Crippen LogP contribution in [0.15, 0.2) is 29.2 Å². The Balaban J connectivity index is 1.99. The number of nitrogens with zero attached hydrogens (tertiary/aromatic N) is 2. The minimum Gasteiger partial charge on any atom is -0.437 e. The third-order valence-electron chi connectivity index (χ3n) is 3.57. The molecule has 1 aromatic carbocycles. The molecule has 1 N–H and O–H groups in total. The van der Waals surface area contributed by atoms with Crippen molar-refractivity contribution in [2.45, 2.75) is 30.6 Å². The van der Waals surface area contributed by atoms with Gasteiger partial charge in [-0.2, -0.15) is 4.98 Å². The van der Waals surface area contributed by atoms with Crippen LogP contribution >= 0.6 is 11.8 Å². The topological polar surface area (TPSA) is 47.0 Å². The van der Waals surface area contributed by atoms with E-state index in [0.717, 1.165) is 27.9 Å². The molecule has 1 aliphatic rings. The lowest BCUT2D eigenvalue weighted by molar-refractivity contribution is 0.444. The molecule has 1 saturated carbocycles. The molecular formula is C16H19N3OS. The number of anilines is 1. The maximum atomic E-state index is 6.08. The molecule has 21 heavy (non-hydrogen) atoms. The molecule has 2 aromatic rings. The summed E-state index contributed by atoms with van der Waals surface area (Å²) in [6.45, 7) is 1.99. The van der Waals surface area contributed by atoms with Crippen LogP contribution in [0.4, 0.5) is 5.82 Å². The smallest absolute Gasteiger partial charge is 0.227 e. The number of aromatic nitrogens is 2. The van der Waals surface area contributed by atoms with Crippen molar-refractivity contribution in [3.63, 3.8) is 0 Å². The van der Waals surface area contributed by atoms with E-state index in [2.05, 4.69) is 21.4 Å². The highest BCUT2D eigenvalue weighted by Crippen LogP contribution is 2.41. The van der Waals surface area contributed by atoms with Gasteiger partial charge in [0.05, 0.1) is 5.56 Å². The van der Waals surface area contributed by atoms with Gasteiger partial charge in [0.15, 0.2) is 0 Å². The Morgan fingerprint density at radius 3 is 2.67 bits per heavy atom. The zero-order valence-corrected chi connectivity index (χ0v) is 13.3. The molecule has 0 atom stereocenters. The SMILES string of the molecule is CNc1nc(C2CC2)nc(Oc2ccccc2SC)c1C. The lowest BCUT2D eigenvalue weighted by Gasteiger charge is -2.14. The fourth-order valence-corrected chi connectivity index (χ4v) is 2.71. The normalized spacial score (nSPS) is 14.0. The van der Waals surface area contributed by atoms with E-state index in [1.165, 1.54) is 12.8 Å². The fourth-order valence-electron chi connectivity index (χ4n) is 2.19. The first-order valence-corrected chi connectivity index (χ1v) is 8.32. The number of hydrogen-bond acceptors (Lipinski definition) is 5. The second-order valence-electron chi connectivity index (χ2n) is 5.14. The first-order valence-electron chi connectivity index (χ1n) is 7.10. The molecule has 3 rings (SSSR count). The first kappa shape index (κ1) is 14.2. The summed E-state index contributed by atoms with van der Waals surface area (Å²) in [4.78, 5) is 10.3. The average molecular weight is 301 g/mol. The number of ether oxygens (including phenoxy) is 1. The van der Waals surface area contributed by atoms with E-state index in [4.69, 9.17) is 4.74 Å². The van der Waals surface area contributed by atoms with Crippen molar-refractivity contribution in [1.29, 1.82) is 0 Å². The van der Waals surface area contributed by atoms with Crippen molar-refractivity contribution < 1.29 is 4.74 Å². The van der Waals surface area contributed by atoms with Crippen molar-refractivity contribution in [2.75, 3.05) is 18.6 Å². The van der Waals surface area contributed by atoms with Gasteiger partial charge >= 0.3 is 0 Å². The predicted octanol–water partition coefficient (Wildman–Crippen LogP) is 4.22.